The van der Waals surface area contributed by atoms with Gasteiger partial charge in [0, 0.05) is 19.1 Å². The summed E-state index contributed by atoms with van der Waals surface area (Å²) in [6.45, 7) is 9.58. The number of hydrogen-bond acceptors (Lipinski definition) is 4. The van der Waals surface area contributed by atoms with Crippen LogP contribution in [0.1, 0.15) is 45.1 Å². The van der Waals surface area contributed by atoms with Gasteiger partial charge >= 0.3 is 0 Å². The quantitative estimate of drug-likeness (QED) is 0.753. The summed E-state index contributed by atoms with van der Waals surface area (Å²) in [5.74, 6) is 0.123. The second-order valence-electron chi connectivity index (χ2n) is 8.59. The van der Waals surface area contributed by atoms with Crippen molar-refractivity contribution in [3.05, 3.63) is 29.8 Å². The lowest BCUT2D eigenvalue weighted by Crippen LogP contribution is -2.49. The number of aryl methyl sites for hydroxylation is 1. The summed E-state index contributed by atoms with van der Waals surface area (Å²) >= 11 is 0. The van der Waals surface area contributed by atoms with Gasteiger partial charge in [-0.3, -0.25) is 9.69 Å². The minimum atomic E-state index is -3.73. The molecule has 6 nitrogen and oxygen atoms in total. The Bertz CT molecular complexity index is 771. The molecule has 0 aliphatic carbocycles. The Kier molecular flexibility index (Phi) is 6.78. The van der Waals surface area contributed by atoms with Crippen molar-refractivity contribution in [2.24, 2.45) is 5.92 Å². The van der Waals surface area contributed by atoms with Gasteiger partial charge in [0.25, 0.3) is 0 Å². The number of carbonyl (C=O) groups is 1. The molecule has 0 saturated carbocycles. The van der Waals surface area contributed by atoms with Crippen LogP contribution < -0.4 is 4.72 Å². The van der Waals surface area contributed by atoms with Crippen LogP contribution in [0.5, 0.6) is 0 Å². The number of rotatable bonds is 7. The van der Waals surface area contributed by atoms with Crippen molar-refractivity contribution < 1.29 is 13.2 Å². The Morgan fingerprint density at radius 3 is 2.39 bits per heavy atom. The third kappa shape index (κ3) is 5.13. The average molecular weight is 408 g/mol. The Morgan fingerprint density at radius 1 is 1.14 bits per heavy atom. The zero-order chi connectivity index (χ0) is 20.3. The van der Waals surface area contributed by atoms with Gasteiger partial charge < -0.3 is 4.90 Å². The minimum absolute atomic E-state index is 0.0916. The molecule has 1 aromatic rings. The number of benzene rings is 1. The number of nitrogens with zero attached hydrogens (tertiary/aromatic N) is 2. The first kappa shape index (κ1) is 21.3. The maximum atomic E-state index is 13.2. The van der Waals surface area contributed by atoms with Gasteiger partial charge in [-0.05, 0) is 63.7 Å². The fourth-order valence-electron chi connectivity index (χ4n) is 4.21. The molecule has 2 atom stereocenters. The number of amides is 1. The minimum Gasteiger partial charge on any atom is -0.340 e. The van der Waals surface area contributed by atoms with E-state index in [1.165, 1.54) is 12.8 Å². The van der Waals surface area contributed by atoms with Crippen molar-refractivity contribution in [2.45, 2.75) is 63.4 Å². The predicted molar refractivity (Wildman–Crippen MR) is 111 cm³/mol. The van der Waals surface area contributed by atoms with Crippen LogP contribution in [0.3, 0.4) is 0 Å². The highest BCUT2D eigenvalue weighted by Crippen LogP contribution is 2.22. The third-order valence-corrected chi connectivity index (χ3v) is 7.25. The van der Waals surface area contributed by atoms with Crippen molar-refractivity contribution in [3.63, 3.8) is 0 Å². The van der Waals surface area contributed by atoms with Crippen molar-refractivity contribution >= 4 is 15.9 Å². The molecule has 2 fully saturated rings. The van der Waals surface area contributed by atoms with Gasteiger partial charge in [0.1, 0.15) is 6.04 Å². The lowest BCUT2D eigenvalue weighted by molar-refractivity contribution is -0.132. The molecule has 2 saturated heterocycles. The highest BCUT2D eigenvalue weighted by Gasteiger charge is 2.36. The fraction of sp³-hybridized carbons (Fsp3) is 0.667. The number of hydrogen-bond donors (Lipinski definition) is 1. The highest BCUT2D eigenvalue weighted by atomic mass is 32.2. The summed E-state index contributed by atoms with van der Waals surface area (Å²) in [5.41, 5.74) is 0.999. The predicted octanol–water partition coefficient (Wildman–Crippen LogP) is 2.38. The van der Waals surface area contributed by atoms with E-state index in [0.29, 0.717) is 25.6 Å². The molecule has 7 heteroatoms. The van der Waals surface area contributed by atoms with E-state index in [-0.39, 0.29) is 16.7 Å². The summed E-state index contributed by atoms with van der Waals surface area (Å²) in [4.78, 5) is 17.7. The zero-order valence-corrected chi connectivity index (χ0v) is 18.0. The summed E-state index contributed by atoms with van der Waals surface area (Å²) in [7, 11) is -3.73. The molecular weight excluding hydrogens is 374 g/mol. The van der Waals surface area contributed by atoms with Gasteiger partial charge in [0.15, 0.2) is 0 Å². The van der Waals surface area contributed by atoms with Crippen LogP contribution in [0, 0.1) is 12.8 Å². The second-order valence-corrected chi connectivity index (χ2v) is 10.3. The maximum Gasteiger partial charge on any atom is 0.241 e. The number of sulfonamides is 1. The molecule has 0 bridgehead atoms. The van der Waals surface area contributed by atoms with Gasteiger partial charge in [-0.15, -0.1) is 0 Å². The molecule has 0 radical (unpaired) electrons. The summed E-state index contributed by atoms with van der Waals surface area (Å²) < 4.78 is 28.4. The van der Waals surface area contributed by atoms with E-state index >= 15 is 0 Å². The van der Waals surface area contributed by atoms with Gasteiger partial charge in [0.05, 0.1) is 4.90 Å². The van der Waals surface area contributed by atoms with E-state index in [0.717, 1.165) is 25.1 Å². The second kappa shape index (κ2) is 8.93. The van der Waals surface area contributed by atoms with E-state index in [1.54, 1.807) is 24.3 Å². The van der Waals surface area contributed by atoms with Crippen LogP contribution in [0.25, 0.3) is 0 Å². The molecule has 3 rings (SSSR count). The molecule has 1 aromatic carbocycles. The molecule has 0 aromatic heterocycles. The number of nitrogens with one attached hydrogen (secondary N) is 1. The molecular formula is C21H33N3O3S. The van der Waals surface area contributed by atoms with Crippen LogP contribution >= 0.6 is 0 Å². The number of carbonyl (C=O) groups excluding carboxylic acids is 1. The molecule has 1 N–H and O–H groups in total. The van der Waals surface area contributed by atoms with Crippen LogP contribution in [0.15, 0.2) is 29.2 Å². The highest BCUT2D eigenvalue weighted by molar-refractivity contribution is 7.89. The average Bonchev–Trinajstić information content (AvgIpc) is 3.31. The van der Waals surface area contributed by atoms with Gasteiger partial charge in [-0.25, -0.2) is 8.42 Å². The molecule has 1 amide bonds. The van der Waals surface area contributed by atoms with E-state index in [4.69, 9.17) is 0 Å². The third-order valence-electron chi connectivity index (χ3n) is 5.77. The standard InChI is InChI=1S/C21H33N3O3S/c1-16(2)14-20(22-28(26,27)19-8-6-17(3)7-9-19)21(25)24-13-10-18(15-24)23-11-4-5-12-23/h6-9,16,18,20,22H,4-5,10-15H2,1-3H3. The number of likely N-dealkylation sites (tertiary alicyclic amines) is 2. The monoisotopic (exact) mass is 407 g/mol. The van der Waals surface area contributed by atoms with Crippen molar-refractivity contribution in [2.75, 3.05) is 26.2 Å². The largest absolute Gasteiger partial charge is 0.340 e. The molecule has 2 unspecified atom stereocenters. The summed E-state index contributed by atoms with van der Waals surface area (Å²) in [5, 5.41) is 0. The van der Waals surface area contributed by atoms with E-state index in [2.05, 4.69) is 9.62 Å². The SMILES string of the molecule is Cc1ccc(S(=O)(=O)NC(CC(C)C)C(=O)N2CCC(N3CCCC3)C2)cc1. The molecule has 0 spiro atoms. The molecule has 156 valence electrons. The molecule has 2 heterocycles. The Morgan fingerprint density at radius 2 is 1.79 bits per heavy atom. The molecule has 28 heavy (non-hydrogen) atoms. The smallest absolute Gasteiger partial charge is 0.241 e. The normalized spacial score (nSPS) is 22.1. The van der Waals surface area contributed by atoms with E-state index in [1.807, 2.05) is 25.7 Å². The van der Waals surface area contributed by atoms with E-state index in [9.17, 15) is 13.2 Å². The molecule has 2 aliphatic rings. The van der Waals surface area contributed by atoms with Crippen LogP contribution in [0.2, 0.25) is 0 Å². The van der Waals surface area contributed by atoms with Crippen molar-refractivity contribution in [1.29, 1.82) is 0 Å². The van der Waals surface area contributed by atoms with Crippen LogP contribution in [-0.2, 0) is 14.8 Å². The van der Waals surface area contributed by atoms with Crippen LogP contribution in [0.4, 0.5) is 0 Å². The van der Waals surface area contributed by atoms with Crippen molar-refractivity contribution in [1.82, 2.24) is 14.5 Å². The van der Waals surface area contributed by atoms with E-state index < -0.39 is 16.1 Å². The first-order valence-electron chi connectivity index (χ1n) is 10.4. The molecule has 2 aliphatic heterocycles. The Balaban J connectivity index is 1.70. The summed E-state index contributed by atoms with van der Waals surface area (Å²) in [6.07, 6.45) is 3.94. The fourth-order valence-corrected chi connectivity index (χ4v) is 5.41. The van der Waals surface area contributed by atoms with Gasteiger partial charge in [0.2, 0.25) is 15.9 Å². The summed E-state index contributed by atoms with van der Waals surface area (Å²) in [6, 6.07) is 6.43. The first-order chi connectivity index (χ1) is 13.3. The van der Waals surface area contributed by atoms with Gasteiger partial charge in [-0.1, -0.05) is 31.5 Å². The Hall–Kier alpha value is -1.44. The topological polar surface area (TPSA) is 69.7 Å². The zero-order valence-electron chi connectivity index (χ0n) is 17.2. The van der Waals surface area contributed by atoms with Crippen molar-refractivity contribution in [3.8, 4) is 0 Å². The maximum absolute atomic E-state index is 13.2. The lowest BCUT2D eigenvalue weighted by atomic mass is 10.0. The first-order valence-corrected chi connectivity index (χ1v) is 11.9. The van der Waals surface area contributed by atoms with Crippen LogP contribution in [-0.4, -0.2) is 62.4 Å². The van der Waals surface area contributed by atoms with Gasteiger partial charge in [-0.2, -0.15) is 4.72 Å². The Labute approximate surface area is 169 Å². The lowest BCUT2D eigenvalue weighted by Gasteiger charge is -2.27.